The van der Waals surface area contributed by atoms with Gasteiger partial charge in [0.15, 0.2) is 5.82 Å². The molecule has 0 saturated carbocycles. The van der Waals surface area contributed by atoms with E-state index in [1.54, 1.807) is 13.2 Å². The van der Waals surface area contributed by atoms with Crippen LogP contribution in [0.2, 0.25) is 0 Å². The molecule has 0 amide bonds. The first-order chi connectivity index (χ1) is 10.6. The highest BCUT2D eigenvalue weighted by Gasteiger charge is 2.24. The van der Waals surface area contributed by atoms with E-state index in [1.165, 1.54) is 0 Å². The van der Waals surface area contributed by atoms with E-state index in [2.05, 4.69) is 47.9 Å². The minimum Gasteiger partial charge on any atom is -0.481 e. The summed E-state index contributed by atoms with van der Waals surface area (Å²) < 4.78 is 5.26. The number of para-hydroxylation sites is 1. The molecule has 0 bridgehead atoms. The number of nitrogens with zero attached hydrogens (tertiary/aromatic N) is 3. The van der Waals surface area contributed by atoms with Crippen LogP contribution in [0.4, 0.5) is 17.2 Å². The van der Waals surface area contributed by atoms with Crippen LogP contribution < -0.4 is 15.4 Å². The zero-order valence-electron chi connectivity index (χ0n) is 13.7. The number of nitrogens with two attached hydrogens (primary N) is 1. The Labute approximate surface area is 132 Å². The minimum atomic E-state index is 0.143. The number of pyridine rings is 1. The number of ether oxygens (including phenoxy) is 1. The van der Waals surface area contributed by atoms with Crippen molar-refractivity contribution in [2.24, 2.45) is 0 Å². The topological polar surface area (TPSA) is 54.6 Å². The van der Waals surface area contributed by atoms with Crippen LogP contribution >= 0.6 is 0 Å². The molecule has 1 heterocycles. The molecule has 22 heavy (non-hydrogen) atoms. The van der Waals surface area contributed by atoms with Crippen molar-refractivity contribution in [2.75, 3.05) is 31.8 Å². The predicted molar refractivity (Wildman–Crippen MR) is 91.5 cm³/mol. The van der Waals surface area contributed by atoms with E-state index in [1.807, 2.05) is 24.3 Å². The second-order valence-corrected chi connectivity index (χ2v) is 5.32. The molecule has 0 aliphatic rings. The van der Waals surface area contributed by atoms with Crippen molar-refractivity contribution in [3.8, 4) is 5.88 Å². The van der Waals surface area contributed by atoms with Crippen molar-refractivity contribution in [1.29, 1.82) is 0 Å². The van der Waals surface area contributed by atoms with Crippen LogP contribution in [0.1, 0.15) is 13.3 Å². The van der Waals surface area contributed by atoms with Crippen LogP contribution in [0.25, 0.3) is 0 Å². The number of aromatic nitrogens is 1. The van der Waals surface area contributed by atoms with E-state index in [9.17, 15) is 0 Å². The maximum Gasteiger partial charge on any atom is 0.215 e. The number of anilines is 3. The average Bonchev–Trinajstić information content (AvgIpc) is 2.54. The molecule has 118 valence electrons. The maximum absolute atomic E-state index is 6.20. The van der Waals surface area contributed by atoms with Gasteiger partial charge in [-0.05, 0) is 38.7 Å². The van der Waals surface area contributed by atoms with Crippen molar-refractivity contribution < 1.29 is 4.74 Å². The number of hydrogen-bond donors (Lipinski definition) is 1. The van der Waals surface area contributed by atoms with Crippen LogP contribution in [0.15, 0.2) is 42.5 Å². The molecule has 0 fully saturated rings. The summed E-state index contributed by atoms with van der Waals surface area (Å²) in [7, 11) is 5.72. The molecule has 0 aliphatic carbocycles. The molecule has 2 aromatic rings. The molecule has 1 unspecified atom stereocenters. The first-order valence-electron chi connectivity index (χ1n) is 7.39. The van der Waals surface area contributed by atoms with Crippen molar-refractivity contribution in [3.05, 3.63) is 42.5 Å². The predicted octanol–water partition coefficient (Wildman–Crippen LogP) is 3.11. The summed E-state index contributed by atoms with van der Waals surface area (Å²) in [5.41, 5.74) is 7.88. The lowest BCUT2D eigenvalue weighted by Gasteiger charge is -2.37. The van der Waals surface area contributed by atoms with Crippen LogP contribution in [0.5, 0.6) is 5.88 Å². The van der Waals surface area contributed by atoms with Gasteiger partial charge in [-0.25, -0.2) is 0 Å². The van der Waals surface area contributed by atoms with Crippen molar-refractivity contribution >= 4 is 17.2 Å². The molecular weight excluding hydrogens is 276 g/mol. The van der Waals surface area contributed by atoms with Gasteiger partial charge in [-0.3, -0.25) is 4.90 Å². The van der Waals surface area contributed by atoms with Crippen molar-refractivity contribution in [3.63, 3.8) is 0 Å². The molecule has 0 spiro atoms. The molecule has 2 rings (SSSR count). The third-order valence-electron chi connectivity index (χ3n) is 3.61. The highest BCUT2D eigenvalue weighted by Crippen LogP contribution is 2.33. The Morgan fingerprint density at radius 1 is 1.14 bits per heavy atom. The first-order valence-corrected chi connectivity index (χ1v) is 7.39. The van der Waals surface area contributed by atoms with E-state index < -0.39 is 0 Å². The maximum atomic E-state index is 6.20. The normalized spacial score (nSPS) is 12.2. The molecule has 5 heteroatoms. The van der Waals surface area contributed by atoms with E-state index in [0.717, 1.165) is 12.1 Å². The fourth-order valence-corrected chi connectivity index (χ4v) is 2.55. The van der Waals surface area contributed by atoms with E-state index in [0.29, 0.717) is 17.4 Å². The standard InChI is InChI=1S/C17H24N4O/c1-5-16(20(2)3)21(13-9-7-6-8-10-13)17-14(18)11-12-15(19-17)22-4/h6-12,16H,5,18H2,1-4H3. The first kappa shape index (κ1) is 16.1. The smallest absolute Gasteiger partial charge is 0.215 e. The third-order valence-corrected chi connectivity index (χ3v) is 3.61. The summed E-state index contributed by atoms with van der Waals surface area (Å²) >= 11 is 0. The molecule has 1 aromatic carbocycles. The second-order valence-electron chi connectivity index (χ2n) is 5.32. The van der Waals surface area contributed by atoms with Gasteiger partial charge in [0.25, 0.3) is 0 Å². The molecule has 5 nitrogen and oxygen atoms in total. The molecule has 1 atom stereocenters. The van der Waals surface area contributed by atoms with Crippen LogP contribution in [-0.2, 0) is 0 Å². The zero-order chi connectivity index (χ0) is 16.1. The lowest BCUT2D eigenvalue weighted by molar-refractivity contribution is 0.289. The van der Waals surface area contributed by atoms with Crippen molar-refractivity contribution in [1.82, 2.24) is 9.88 Å². The van der Waals surface area contributed by atoms with Gasteiger partial charge in [-0.1, -0.05) is 25.1 Å². The SMILES string of the molecule is CCC(N(C)C)N(c1ccccc1)c1nc(OC)ccc1N. The minimum absolute atomic E-state index is 0.143. The molecule has 0 saturated heterocycles. The van der Waals surface area contributed by atoms with Crippen LogP contribution in [0.3, 0.4) is 0 Å². The lowest BCUT2D eigenvalue weighted by Crippen LogP contribution is -2.42. The Balaban J connectivity index is 2.58. The van der Waals surface area contributed by atoms with Crippen molar-refractivity contribution in [2.45, 2.75) is 19.5 Å². The summed E-state index contributed by atoms with van der Waals surface area (Å²) in [5, 5.41) is 0. The van der Waals surface area contributed by atoms with Gasteiger partial charge in [0.05, 0.1) is 19.0 Å². The van der Waals surface area contributed by atoms with E-state index in [-0.39, 0.29) is 6.17 Å². The Hall–Kier alpha value is -2.27. The van der Waals surface area contributed by atoms with E-state index in [4.69, 9.17) is 10.5 Å². The van der Waals surface area contributed by atoms with Gasteiger partial charge in [0.2, 0.25) is 5.88 Å². The summed E-state index contributed by atoms with van der Waals surface area (Å²) in [6, 6.07) is 13.8. The Morgan fingerprint density at radius 3 is 2.36 bits per heavy atom. The molecule has 1 aromatic heterocycles. The molecular formula is C17H24N4O. The Bertz CT molecular complexity index is 601. The summed E-state index contributed by atoms with van der Waals surface area (Å²) in [6.45, 7) is 2.15. The Morgan fingerprint density at radius 2 is 1.82 bits per heavy atom. The summed E-state index contributed by atoms with van der Waals surface area (Å²) in [4.78, 5) is 8.88. The number of benzene rings is 1. The highest BCUT2D eigenvalue weighted by atomic mass is 16.5. The lowest BCUT2D eigenvalue weighted by atomic mass is 10.2. The van der Waals surface area contributed by atoms with Crippen LogP contribution in [0, 0.1) is 0 Å². The average molecular weight is 300 g/mol. The number of rotatable bonds is 6. The molecule has 0 radical (unpaired) electrons. The van der Waals surface area contributed by atoms with Gasteiger partial charge in [-0.2, -0.15) is 4.98 Å². The number of nitrogen functional groups attached to an aromatic ring is 1. The molecule has 2 N–H and O–H groups in total. The molecule has 0 aliphatic heterocycles. The quantitative estimate of drug-likeness (QED) is 0.831. The van der Waals surface area contributed by atoms with Gasteiger partial charge in [0, 0.05) is 11.8 Å². The summed E-state index contributed by atoms with van der Waals surface area (Å²) in [5.74, 6) is 1.27. The van der Waals surface area contributed by atoms with Gasteiger partial charge in [0.1, 0.15) is 0 Å². The fraction of sp³-hybridized carbons (Fsp3) is 0.353. The third kappa shape index (κ3) is 3.31. The monoisotopic (exact) mass is 300 g/mol. The highest BCUT2D eigenvalue weighted by molar-refractivity contribution is 5.72. The van der Waals surface area contributed by atoms with Crippen LogP contribution in [-0.4, -0.2) is 37.3 Å². The summed E-state index contributed by atoms with van der Waals surface area (Å²) in [6.07, 6.45) is 1.07. The number of hydrogen-bond acceptors (Lipinski definition) is 5. The largest absolute Gasteiger partial charge is 0.481 e. The number of methoxy groups -OCH3 is 1. The van der Waals surface area contributed by atoms with Gasteiger partial charge >= 0.3 is 0 Å². The van der Waals surface area contributed by atoms with Gasteiger partial charge < -0.3 is 15.4 Å². The zero-order valence-corrected chi connectivity index (χ0v) is 13.7. The Kier molecular flexibility index (Phi) is 5.22. The van der Waals surface area contributed by atoms with Gasteiger partial charge in [-0.15, -0.1) is 0 Å². The fourth-order valence-electron chi connectivity index (χ4n) is 2.55. The second kappa shape index (κ2) is 7.13. The van der Waals surface area contributed by atoms with E-state index >= 15 is 0 Å².